The number of hydrogen-bond acceptors (Lipinski definition) is 4. The number of carboxylic acid groups (broad SMARTS) is 1. The molecule has 0 rings (SSSR count). The molecule has 0 aliphatic rings. The van der Waals surface area contributed by atoms with Gasteiger partial charge in [0.1, 0.15) is 0 Å². The van der Waals surface area contributed by atoms with Crippen molar-refractivity contribution in [2.75, 3.05) is 13.2 Å². The Balaban J connectivity index is 3.93. The molecular formula is C8H12Cl3NO5. The summed E-state index contributed by atoms with van der Waals surface area (Å²) in [4.78, 5) is 19.9. The number of unbranched alkanes of at least 4 members (excludes halogenated alkanes) is 1. The third kappa shape index (κ3) is 9.41. The topological polar surface area (TPSA) is 89.7 Å². The lowest BCUT2D eigenvalue weighted by Gasteiger charge is -2.21. The van der Waals surface area contributed by atoms with Gasteiger partial charge in [0.05, 0.1) is 0 Å². The minimum Gasteiger partial charge on any atom is -0.481 e. The number of rotatable bonds is 8. The van der Waals surface area contributed by atoms with Crippen molar-refractivity contribution in [3.63, 3.8) is 0 Å². The van der Waals surface area contributed by atoms with Crippen molar-refractivity contribution in [2.24, 2.45) is 0 Å². The van der Waals surface area contributed by atoms with E-state index in [9.17, 15) is 14.9 Å². The standard InChI is InChI=1S/C8H12Cl3NO5/c9-8(10,11)6(5-12(15)16)17-4-2-1-3-7(13)14/h6H,1-5H2,(H,13,14)/t6-/m0/s1. The van der Waals surface area contributed by atoms with Crippen LogP contribution in [0.25, 0.3) is 0 Å². The van der Waals surface area contributed by atoms with Crippen LogP contribution in [0.1, 0.15) is 19.3 Å². The third-order valence-corrected chi connectivity index (χ3v) is 2.51. The van der Waals surface area contributed by atoms with Crippen LogP contribution in [0.3, 0.4) is 0 Å². The zero-order valence-corrected chi connectivity index (χ0v) is 11.0. The Bertz CT molecular complexity index is 268. The predicted octanol–water partition coefficient (Wildman–Crippen LogP) is 2.27. The van der Waals surface area contributed by atoms with Crippen molar-refractivity contribution < 1.29 is 19.6 Å². The number of hydrogen-bond donors (Lipinski definition) is 1. The smallest absolute Gasteiger partial charge is 0.303 e. The Hall–Kier alpha value is -0.300. The van der Waals surface area contributed by atoms with Gasteiger partial charge in [0.15, 0.2) is 6.10 Å². The number of nitro groups is 1. The van der Waals surface area contributed by atoms with Crippen LogP contribution in [0, 0.1) is 10.1 Å². The summed E-state index contributed by atoms with van der Waals surface area (Å²) in [5.74, 6) is -0.909. The molecule has 0 radical (unpaired) electrons. The number of alkyl halides is 3. The number of nitrogens with zero attached hydrogens (tertiary/aromatic N) is 1. The highest BCUT2D eigenvalue weighted by Gasteiger charge is 2.37. The van der Waals surface area contributed by atoms with Crippen LogP contribution in [0.15, 0.2) is 0 Å². The molecule has 0 aliphatic carbocycles. The molecule has 0 saturated heterocycles. The van der Waals surface area contributed by atoms with Crippen LogP contribution in [-0.2, 0) is 9.53 Å². The molecule has 0 aromatic rings. The molecule has 0 aromatic heterocycles. The number of ether oxygens (including phenoxy) is 1. The maximum Gasteiger partial charge on any atom is 0.303 e. The van der Waals surface area contributed by atoms with Gasteiger partial charge in [-0.1, -0.05) is 34.8 Å². The molecule has 6 nitrogen and oxygen atoms in total. The molecule has 100 valence electrons. The lowest BCUT2D eigenvalue weighted by Crippen LogP contribution is -2.35. The molecule has 0 aliphatic heterocycles. The van der Waals surface area contributed by atoms with E-state index in [1.807, 2.05) is 0 Å². The molecular weight excluding hydrogens is 296 g/mol. The molecule has 0 saturated carbocycles. The van der Waals surface area contributed by atoms with E-state index in [0.717, 1.165) is 0 Å². The summed E-state index contributed by atoms with van der Waals surface area (Å²) in [6, 6.07) is 0. The summed E-state index contributed by atoms with van der Waals surface area (Å²) in [6.45, 7) is -0.505. The van der Waals surface area contributed by atoms with E-state index >= 15 is 0 Å². The quantitative estimate of drug-likeness (QED) is 0.321. The average molecular weight is 309 g/mol. The second-order valence-electron chi connectivity index (χ2n) is 3.27. The SMILES string of the molecule is O=C(O)CCCCO[C@@H](C[N+](=O)[O-])C(Cl)(Cl)Cl. The molecule has 17 heavy (non-hydrogen) atoms. The zero-order chi connectivity index (χ0) is 13.5. The van der Waals surface area contributed by atoms with Gasteiger partial charge in [-0.05, 0) is 12.8 Å². The minimum absolute atomic E-state index is 0.0109. The second-order valence-corrected chi connectivity index (χ2v) is 5.64. The summed E-state index contributed by atoms with van der Waals surface area (Å²) in [6.07, 6.45) is -0.300. The van der Waals surface area contributed by atoms with Gasteiger partial charge >= 0.3 is 5.97 Å². The van der Waals surface area contributed by atoms with E-state index in [2.05, 4.69) is 0 Å². The lowest BCUT2D eigenvalue weighted by molar-refractivity contribution is -0.491. The Morgan fingerprint density at radius 2 is 2.00 bits per heavy atom. The molecule has 0 spiro atoms. The fourth-order valence-electron chi connectivity index (χ4n) is 0.990. The van der Waals surface area contributed by atoms with E-state index in [4.69, 9.17) is 44.6 Å². The normalized spacial score (nSPS) is 13.4. The van der Waals surface area contributed by atoms with E-state index in [1.54, 1.807) is 0 Å². The lowest BCUT2D eigenvalue weighted by atomic mass is 10.2. The fourth-order valence-corrected chi connectivity index (χ4v) is 1.39. The monoisotopic (exact) mass is 307 g/mol. The van der Waals surface area contributed by atoms with Crippen molar-refractivity contribution in [3.8, 4) is 0 Å². The van der Waals surface area contributed by atoms with Crippen molar-refractivity contribution in [3.05, 3.63) is 10.1 Å². The van der Waals surface area contributed by atoms with Gasteiger partial charge in [0, 0.05) is 18.0 Å². The van der Waals surface area contributed by atoms with E-state index in [0.29, 0.717) is 12.8 Å². The molecule has 0 amide bonds. The molecule has 0 unspecified atom stereocenters. The molecule has 0 bridgehead atoms. The van der Waals surface area contributed by atoms with Crippen LogP contribution < -0.4 is 0 Å². The third-order valence-electron chi connectivity index (χ3n) is 1.78. The van der Waals surface area contributed by atoms with Gasteiger partial charge in [-0.3, -0.25) is 14.9 Å². The van der Waals surface area contributed by atoms with E-state index < -0.39 is 27.3 Å². The van der Waals surface area contributed by atoms with Crippen molar-refractivity contribution in [1.29, 1.82) is 0 Å². The second kappa shape index (κ2) is 7.92. The Kier molecular flexibility index (Phi) is 7.78. The van der Waals surface area contributed by atoms with Crippen LogP contribution in [0.5, 0.6) is 0 Å². The first kappa shape index (κ1) is 16.7. The average Bonchev–Trinajstić information content (AvgIpc) is 2.12. The molecule has 0 fully saturated rings. The molecule has 0 aromatic carbocycles. The zero-order valence-electron chi connectivity index (χ0n) is 8.77. The Morgan fingerprint density at radius 1 is 1.41 bits per heavy atom. The summed E-state index contributed by atoms with van der Waals surface area (Å²) < 4.78 is 3.19. The van der Waals surface area contributed by atoms with Gasteiger partial charge in [-0.25, -0.2) is 0 Å². The molecule has 1 atom stereocenters. The van der Waals surface area contributed by atoms with Gasteiger partial charge in [0.25, 0.3) is 0 Å². The van der Waals surface area contributed by atoms with Crippen LogP contribution in [-0.4, -0.2) is 39.0 Å². The highest BCUT2D eigenvalue weighted by atomic mass is 35.6. The Labute approximate surface area is 113 Å². The van der Waals surface area contributed by atoms with Crippen molar-refractivity contribution >= 4 is 40.8 Å². The summed E-state index contributed by atoms with van der Waals surface area (Å²) in [5.41, 5.74) is 0. The predicted molar refractivity (Wildman–Crippen MR) is 63.4 cm³/mol. The number of carboxylic acids is 1. The summed E-state index contributed by atoms with van der Waals surface area (Å²) in [7, 11) is 0. The fraction of sp³-hybridized carbons (Fsp3) is 0.875. The van der Waals surface area contributed by atoms with Crippen molar-refractivity contribution in [2.45, 2.75) is 29.2 Å². The Morgan fingerprint density at radius 3 is 2.41 bits per heavy atom. The summed E-state index contributed by atoms with van der Waals surface area (Å²) >= 11 is 16.5. The largest absolute Gasteiger partial charge is 0.481 e. The van der Waals surface area contributed by atoms with Gasteiger partial charge in [-0.2, -0.15) is 0 Å². The van der Waals surface area contributed by atoms with Gasteiger partial charge in [0.2, 0.25) is 10.3 Å². The first-order chi connectivity index (χ1) is 7.73. The van der Waals surface area contributed by atoms with Crippen LogP contribution in [0.4, 0.5) is 0 Å². The van der Waals surface area contributed by atoms with Crippen LogP contribution in [0.2, 0.25) is 0 Å². The summed E-state index contributed by atoms with van der Waals surface area (Å²) in [5, 5.41) is 18.7. The highest BCUT2D eigenvalue weighted by Crippen LogP contribution is 2.32. The number of halogens is 3. The van der Waals surface area contributed by atoms with Crippen LogP contribution >= 0.6 is 34.8 Å². The first-order valence-corrected chi connectivity index (χ1v) is 5.88. The van der Waals surface area contributed by atoms with E-state index in [-0.39, 0.29) is 13.0 Å². The maximum absolute atomic E-state index is 10.3. The first-order valence-electron chi connectivity index (χ1n) is 4.75. The number of aliphatic carboxylic acids is 1. The maximum atomic E-state index is 10.3. The van der Waals surface area contributed by atoms with E-state index in [1.165, 1.54) is 0 Å². The van der Waals surface area contributed by atoms with Crippen molar-refractivity contribution in [1.82, 2.24) is 0 Å². The molecule has 1 N–H and O–H groups in total. The minimum atomic E-state index is -1.88. The molecule has 9 heteroatoms. The van der Waals surface area contributed by atoms with Gasteiger partial charge < -0.3 is 9.84 Å². The van der Waals surface area contributed by atoms with Gasteiger partial charge in [-0.15, -0.1) is 0 Å². The highest BCUT2D eigenvalue weighted by molar-refractivity contribution is 6.68. The molecule has 0 heterocycles. The number of carbonyl (C=O) groups is 1.